The lowest BCUT2D eigenvalue weighted by Crippen LogP contribution is -2.11. The molecule has 1 heterocycles. The third-order valence-corrected chi connectivity index (χ3v) is 2.47. The molecule has 3 nitrogen and oxygen atoms in total. The topological polar surface area (TPSA) is 30.7 Å². The minimum Gasteiger partial charge on any atom is -0.253 e. The van der Waals surface area contributed by atoms with Crippen LogP contribution in [0.1, 0.15) is 33.6 Å². The second-order valence-electron chi connectivity index (χ2n) is 3.97. The summed E-state index contributed by atoms with van der Waals surface area (Å²) in [5, 5.41) is 4.09. The minimum absolute atomic E-state index is 0.691. The molecule has 1 rings (SSSR count). The van der Waals surface area contributed by atoms with Crippen LogP contribution in [-0.2, 0) is 6.54 Å². The van der Waals surface area contributed by atoms with Gasteiger partial charge in [0.25, 0.3) is 0 Å². The second-order valence-corrected chi connectivity index (χ2v) is 3.97. The average molecular weight is 181 g/mol. The van der Waals surface area contributed by atoms with Gasteiger partial charge in [0, 0.05) is 6.54 Å². The maximum atomic E-state index is 4.09. The van der Waals surface area contributed by atoms with Gasteiger partial charge in [0.15, 0.2) is 0 Å². The fraction of sp³-hybridized carbons (Fsp3) is 0.800. The van der Waals surface area contributed by atoms with E-state index in [0.717, 1.165) is 12.5 Å². The van der Waals surface area contributed by atoms with Crippen LogP contribution in [0, 0.1) is 11.8 Å². The second kappa shape index (κ2) is 5.00. The number of hydrogen-bond donors (Lipinski definition) is 0. The number of hydrogen-bond acceptors (Lipinski definition) is 2. The van der Waals surface area contributed by atoms with E-state index in [2.05, 4.69) is 30.9 Å². The lowest BCUT2D eigenvalue weighted by Gasteiger charge is -2.15. The van der Waals surface area contributed by atoms with Crippen molar-refractivity contribution in [1.82, 2.24) is 14.8 Å². The summed E-state index contributed by atoms with van der Waals surface area (Å²) in [6.07, 6.45) is 5.92. The Bertz CT molecular complexity index is 218. The van der Waals surface area contributed by atoms with Crippen molar-refractivity contribution in [3.05, 3.63) is 12.7 Å². The maximum Gasteiger partial charge on any atom is 0.137 e. The highest BCUT2D eigenvalue weighted by Gasteiger charge is 2.07. The molecule has 1 aromatic rings. The molecule has 2 unspecified atom stereocenters. The third kappa shape index (κ3) is 3.57. The molecular weight excluding hydrogens is 162 g/mol. The molecular formula is C10H19N3. The Kier molecular flexibility index (Phi) is 3.93. The Morgan fingerprint density at radius 1 is 1.31 bits per heavy atom. The quantitative estimate of drug-likeness (QED) is 0.698. The van der Waals surface area contributed by atoms with Crippen LogP contribution in [0.4, 0.5) is 0 Å². The zero-order valence-corrected chi connectivity index (χ0v) is 8.77. The molecule has 0 aliphatic carbocycles. The molecule has 0 spiro atoms. The molecule has 0 bridgehead atoms. The van der Waals surface area contributed by atoms with Crippen molar-refractivity contribution < 1.29 is 0 Å². The molecule has 0 aliphatic rings. The molecule has 0 N–H and O–H groups in total. The highest BCUT2D eigenvalue weighted by Crippen LogP contribution is 2.15. The monoisotopic (exact) mass is 181 g/mol. The van der Waals surface area contributed by atoms with Crippen molar-refractivity contribution in [3.8, 4) is 0 Å². The van der Waals surface area contributed by atoms with Gasteiger partial charge in [-0.05, 0) is 18.3 Å². The molecule has 0 radical (unpaired) electrons. The van der Waals surface area contributed by atoms with E-state index in [1.165, 1.54) is 12.8 Å². The van der Waals surface area contributed by atoms with Gasteiger partial charge < -0.3 is 0 Å². The molecule has 0 saturated carbocycles. The van der Waals surface area contributed by atoms with E-state index in [1.54, 1.807) is 12.7 Å². The van der Waals surface area contributed by atoms with E-state index in [4.69, 9.17) is 0 Å². The standard InChI is InChI=1S/C10H19N3/c1-4-9(2)5-10(3)6-13-8-11-7-12-13/h7-10H,4-6H2,1-3H3. The summed E-state index contributed by atoms with van der Waals surface area (Å²) < 4.78 is 1.91. The van der Waals surface area contributed by atoms with Gasteiger partial charge in [-0.1, -0.05) is 27.2 Å². The highest BCUT2D eigenvalue weighted by atomic mass is 15.3. The van der Waals surface area contributed by atoms with E-state index in [0.29, 0.717) is 5.92 Å². The molecule has 1 aromatic heterocycles. The van der Waals surface area contributed by atoms with Gasteiger partial charge in [-0.25, -0.2) is 4.98 Å². The Labute approximate surface area is 80.2 Å². The van der Waals surface area contributed by atoms with E-state index in [9.17, 15) is 0 Å². The molecule has 0 aromatic carbocycles. The summed E-state index contributed by atoms with van der Waals surface area (Å²) in [6.45, 7) is 7.81. The van der Waals surface area contributed by atoms with Crippen molar-refractivity contribution in [2.24, 2.45) is 11.8 Å². The van der Waals surface area contributed by atoms with Gasteiger partial charge in [-0.3, -0.25) is 4.68 Å². The first-order valence-electron chi connectivity index (χ1n) is 5.04. The normalized spacial score (nSPS) is 15.6. The molecule has 0 aliphatic heterocycles. The van der Waals surface area contributed by atoms with Crippen LogP contribution in [-0.4, -0.2) is 14.8 Å². The predicted molar refractivity (Wildman–Crippen MR) is 53.3 cm³/mol. The van der Waals surface area contributed by atoms with Crippen LogP contribution in [0.25, 0.3) is 0 Å². The molecule has 13 heavy (non-hydrogen) atoms. The van der Waals surface area contributed by atoms with Crippen molar-refractivity contribution in [2.75, 3.05) is 0 Å². The SMILES string of the molecule is CCC(C)CC(C)Cn1cncn1. The highest BCUT2D eigenvalue weighted by molar-refractivity contribution is 4.62. The minimum atomic E-state index is 0.691. The average Bonchev–Trinajstić information content (AvgIpc) is 2.56. The van der Waals surface area contributed by atoms with Crippen LogP contribution in [0.3, 0.4) is 0 Å². The summed E-state index contributed by atoms with van der Waals surface area (Å²) in [5.41, 5.74) is 0. The maximum absolute atomic E-state index is 4.09. The fourth-order valence-corrected chi connectivity index (χ4v) is 1.57. The fourth-order valence-electron chi connectivity index (χ4n) is 1.57. The van der Waals surface area contributed by atoms with Gasteiger partial charge in [0.2, 0.25) is 0 Å². The van der Waals surface area contributed by atoms with Crippen molar-refractivity contribution >= 4 is 0 Å². The Morgan fingerprint density at radius 3 is 2.62 bits per heavy atom. The van der Waals surface area contributed by atoms with E-state index in [1.807, 2.05) is 4.68 Å². The zero-order valence-electron chi connectivity index (χ0n) is 8.77. The lowest BCUT2D eigenvalue weighted by atomic mass is 9.95. The Balaban J connectivity index is 2.29. The summed E-state index contributed by atoms with van der Waals surface area (Å²) in [6, 6.07) is 0. The third-order valence-electron chi connectivity index (χ3n) is 2.47. The first-order chi connectivity index (χ1) is 6.22. The van der Waals surface area contributed by atoms with Crippen LogP contribution in [0.2, 0.25) is 0 Å². The zero-order chi connectivity index (χ0) is 9.68. The van der Waals surface area contributed by atoms with Crippen molar-refractivity contribution in [1.29, 1.82) is 0 Å². The summed E-state index contributed by atoms with van der Waals surface area (Å²) in [7, 11) is 0. The van der Waals surface area contributed by atoms with Crippen molar-refractivity contribution in [3.63, 3.8) is 0 Å². The molecule has 2 atom stereocenters. The van der Waals surface area contributed by atoms with Crippen LogP contribution >= 0.6 is 0 Å². The molecule has 0 fully saturated rings. The van der Waals surface area contributed by atoms with E-state index in [-0.39, 0.29) is 0 Å². The molecule has 3 heteroatoms. The van der Waals surface area contributed by atoms with Gasteiger partial charge in [-0.15, -0.1) is 0 Å². The lowest BCUT2D eigenvalue weighted by molar-refractivity contribution is 0.353. The first kappa shape index (κ1) is 10.2. The molecule has 0 amide bonds. The number of rotatable bonds is 5. The largest absolute Gasteiger partial charge is 0.253 e. The van der Waals surface area contributed by atoms with Crippen molar-refractivity contribution in [2.45, 2.75) is 40.2 Å². The van der Waals surface area contributed by atoms with Crippen LogP contribution < -0.4 is 0 Å². The number of aromatic nitrogens is 3. The smallest absolute Gasteiger partial charge is 0.137 e. The van der Waals surface area contributed by atoms with Crippen LogP contribution in [0.5, 0.6) is 0 Å². The van der Waals surface area contributed by atoms with Gasteiger partial charge in [-0.2, -0.15) is 5.10 Å². The molecule has 0 saturated heterocycles. The Morgan fingerprint density at radius 2 is 2.08 bits per heavy atom. The first-order valence-corrected chi connectivity index (χ1v) is 5.04. The van der Waals surface area contributed by atoms with Crippen LogP contribution in [0.15, 0.2) is 12.7 Å². The van der Waals surface area contributed by atoms with Gasteiger partial charge in [0.05, 0.1) is 0 Å². The molecule has 74 valence electrons. The van der Waals surface area contributed by atoms with Gasteiger partial charge >= 0.3 is 0 Å². The Hall–Kier alpha value is -0.860. The summed E-state index contributed by atoms with van der Waals surface area (Å²) >= 11 is 0. The van der Waals surface area contributed by atoms with E-state index >= 15 is 0 Å². The summed E-state index contributed by atoms with van der Waals surface area (Å²) in [4.78, 5) is 3.93. The number of nitrogens with zero attached hydrogens (tertiary/aromatic N) is 3. The predicted octanol–water partition coefficient (Wildman–Crippen LogP) is 2.35. The summed E-state index contributed by atoms with van der Waals surface area (Å²) in [5.74, 6) is 1.51. The van der Waals surface area contributed by atoms with E-state index < -0.39 is 0 Å². The van der Waals surface area contributed by atoms with Gasteiger partial charge in [0.1, 0.15) is 12.7 Å².